The fraction of sp³-hybridized carbons (Fsp3) is 0.333. The Bertz CT molecular complexity index is 1410. The lowest BCUT2D eigenvalue weighted by molar-refractivity contribution is 0.0646. The highest BCUT2D eigenvalue weighted by atomic mass is 32.2. The molecule has 1 aliphatic carbocycles. The van der Waals surface area contributed by atoms with Gasteiger partial charge >= 0.3 is 0 Å². The molecule has 1 aromatic heterocycles. The molecule has 5 nitrogen and oxygen atoms in total. The molecule has 0 radical (unpaired) electrons. The molecule has 1 atom stereocenters. The summed E-state index contributed by atoms with van der Waals surface area (Å²) in [5, 5.41) is 12.7. The summed E-state index contributed by atoms with van der Waals surface area (Å²) < 4.78 is 31.0. The average molecular weight is 495 g/mol. The van der Waals surface area contributed by atoms with E-state index in [4.69, 9.17) is 0 Å². The second kappa shape index (κ2) is 8.22. The Morgan fingerprint density at radius 2 is 1.74 bits per heavy atom. The summed E-state index contributed by atoms with van der Waals surface area (Å²) in [6, 6.07) is 11.2. The molecular weight excluding hydrogens is 470 g/mol. The van der Waals surface area contributed by atoms with E-state index in [1.54, 1.807) is 10.7 Å². The number of aromatic nitrogens is 1. The Hall–Kier alpha value is -3.13. The number of rotatable bonds is 1. The minimum atomic E-state index is -0.895. The number of thioether (sulfide) groups is 1. The number of halogens is 2. The van der Waals surface area contributed by atoms with Gasteiger partial charge in [0.1, 0.15) is 0 Å². The predicted molar refractivity (Wildman–Crippen MR) is 130 cm³/mol. The van der Waals surface area contributed by atoms with Crippen LogP contribution in [-0.4, -0.2) is 22.1 Å². The van der Waals surface area contributed by atoms with Crippen molar-refractivity contribution in [3.8, 4) is 5.75 Å². The second-order valence-electron chi connectivity index (χ2n) is 9.65. The Morgan fingerprint density at radius 1 is 0.971 bits per heavy atom. The minimum absolute atomic E-state index is 0.0239. The number of pyridine rings is 1. The second-order valence-corrected chi connectivity index (χ2v) is 10.7. The Labute approximate surface area is 205 Å². The fourth-order valence-corrected chi connectivity index (χ4v) is 7.08. The van der Waals surface area contributed by atoms with E-state index in [0.29, 0.717) is 24.9 Å². The number of hydrogen-bond acceptors (Lipinski definition) is 5. The maximum atomic E-state index is 15.1. The van der Waals surface area contributed by atoms with Crippen molar-refractivity contribution >= 4 is 17.5 Å². The van der Waals surface area contributed by atoms with Crippen LogP contribution in [0.4, 0.5) is 8.78 Å². The average Bonchev–Trinajstić information content (AvgIpc) is 3.03. The third-order valence-corrected chi connectivity index (χ3v) is 8.83. The van der Waals surface area contributed by atoms with Gasteiger partial charge in [0.05, 0.1) is 11.5 Å². The van der Waals surface area contributed by atoms with Gasteiger partial charge in [0, 0.05) is 35.0 Å². The van der Waals surface area contributed by atoms with E-state index in [-0.39, 0.29) is 22.8 Å². The van der Waals surface area contributed by atoms with Crippen LogP contribution >= 0.6 is 11.8 Å². The van der Waals surface area contributed by atoms with Crippen molar-refractivity contribution in [3.63, 3.8) is 0 Å². The molecule has 0 saturated heterocycles. The van der Waals surface area contributed by atoms with Gasteiger partial charge in [0.2, 0.25) is 5.43 Å². The van der Waals surface area contributed by atoms with E-state index in [2.05, 4.69) is 0 Å². The standard InChI is InChI=1S/C27H24F2N2O3S/c28-19-9-8-16-18(22(19)29)14-35-21-7-3-2-6-17(21)23(16)31-15-27(11-4-1-5-12-27)26(34)24-25(33)20(32)10-13-30(24)31/h2-3,6-10,13,23,33H,1,4-5,11-12,14-15H2/t23-/m1/s1. The van der Waals surface area contributed by atoms with E-state index in [9.17, 15) is 19.1 Å². The number of carbonyl (C=O) groups excluding carboxylic acids is 1. The molecule has 1 spiro atoms. The van der Waals surface area contributed by atoms with Crippen molar-refractivity contribution in [2.45, 2.75) is 48.8 Å². The lowest BCUT2D eigenvalue weighted by Crippen LogP contribution is -2.56. The molecular formula is C27H24F2N2O3S. The van der Waals surface area contributed by atoms with Crippen molar-refractivity contribution in [1.82, 2.24) is 4.68 Å². The van der Waals surface area contributed by atoms with Gasteiger partial charge in [0.25, 0.3) is 0 Å². The number of fused-ring (bicyclic) bond motifs is 3. The number of carbonyl (C=O) groups is 1. The van der Waals surface area contributed by atoms with Crippen LogP contribution in [0.3, 0.4) is 0 Å². The van der Waals surface area contributed by atoms with Gasteiger partial charge in [-0.1, -0.05) is 43.5 Å². The number of Topliss-reactive ketones (excluding diaryl/α,β-unsaturated/α-hetero) is 1. The van der Waals surface area contributed by atoms with Crippen LogP contribution in [0.25, 0.3) is 0 Å². The molecule has 1 fully saturated rings. The number of nitrogens with zero attached hydrogens (tertiary/aromatic N) is 2. The summed E-state index contributed by atoms with van der Waals surface area (Å²) in [6.07, 6.45) is 5.59. The third-order valence-electron chi connectivity index (χ3n) is 7.71. The Balaban J connectivity index is 1.64. The first-order valence-corrected chi connectivity index (χ1v) is 12.8. The van der Waals surface area contributed by atoms with Crippen molar-refractivity contribution < 1.29 is 18.7 Å². The summed E-state index contributed by atoms with van der Waals surface area (Å²) in [5.74, 6) is -2.27. The van der Waals surface area contributed by atoms with Crippen LogP contribution in [0.15, 0.2) is 58.4 Å². The van der Waals surface area contributed by atoms with Gasteiger partial charge in [-0.3, -0.25) is 19.3 Å². The summed E-state index contributed by atoms with van der Waals surface area (Å²) in [7, 11) is 0. The first-order chi connectivity index (χ1) is 16.9. The monoisotopic (exact) mass is 494 g/mol. The normalized spacial score (nSPS) is 20.7. The molecule has 180 valence electrons. The molecule has 1 saturated carbocycles. The Kier molecular flexibility index (Phi) is 5.25. The van der Waals surface area contributed by atoms with E-state index >= 15 is 4.39 Å². The number of aromatic hydroxyl groups is 1. The minimum Gasteiger partial charge on any atom is -0.503 e. The zero-order valence-electron chi connectivity index (χ0n) is 19.0. The summed E-state index contributed by atoms with van der Waals surface area (Å²) in [5.41, 5.74) is 0.429. The quantitative estimate of drug-likeness (QED) is 0.497. The van der Waals surface area contributed by atoms with Crippen LogP contribution in [0.2, 0.25) is 0 Å². The summed E-state index contributed by atoms with van der Waals surface area (Å²) in [4.78, 5) is 27.1. The maximum absolute atomic E-state index is 15.1. The predicted octanol–water partition coefficient (Wildman–Crippen LogP) is 5.31. The highest BCUT2D eigenvalue weighted by Crippen LogP contribution is 2.48. The van der Waals surface area contributed by atoms with Gasteiger partial charge in [-0.25, -0.2) is 8.78 Å². The number of hydrogen-bond donors (Lipinski definition) is 1. The number of benzene rings is 2. The van der Waals surface area contributed by atoms with Crippen molar-refractivity contribution in [2.24, 2.45) is 5.41 Å². The zero-order valence-corrected chi connectivity index (χ0v) is 19.8. The van der Waals surface area contributed by atoms with Crippen LogP contribution in [-0.2, 0) is 5.75 Å². The first kappa shape index (κ1) is 22.3. The molecule has 2 aromatic carbocycles. The van der Waals surface area contributed by atoms with Gasteiger partial charge in [0.15, 0.2) is 28.9 Å². The van der Waals surface area contributed by atoms with Crippen molar-refractivity contribution in [2.75, 3.05) is 11.6 Å². The van der Waals surface area contributed by atoms with Gasteiger partial charge in [-0.2, -0.15) is 0 Å². The van der Waals surface area contributed by atoms with Gasteiger partial charge in [-0.15, -0.1) is 11.8 Å². The first-order valence-electron chi connectivity index (χ1n) is 11.9. The highest BCUT2D eigenvalue weighted by Gasteiger charge is 2.49. The smallest absolute Gasteiger partial charge is 0.224 e. The molecule has 1 N–H and O–H groups in total. The van der Waals surface area contributed by atoms with Gasteiger partial charge in [-0.05, 0) is 36.1 Å². The SMILES string of the molecule is O=C1c2c(O)c(=O)ccn2N([C@H]2c3ccccc3SCc3c2ccc(F)c3F)CC12CCCCC2. The van der Waals surface area contributed by atoms with E-state index in [0.717, 1.165) is 35.8 Å². The highest BCUT2D eigenvalue weighted by molar-refractivity contribution is 7.98. The van der Waals surface area contributed by atoms with Crippen LogP contribution in [0.5, 0.6) is 5.75 Å². The zero-order chi connectivity index (χ0) is 24.3. The molecule has 3 aliphatic rings. The Morgan fingerprint density at radius 3 is 2.54 bits per heavy atom. The molecule has 3 heterocycles. The van der Waals surface area contributed by atoms with Crippen molar-refractivity contribution in [3.05, 3.63) is 92.9 Å². The van der Waals surface area contributed by atoms with E-state index in [1.807, 2.05) is 29.3 Å². The van der Waals surface area contributed by atoms with Crippen LogP contribution < -0.4 is 10.4 Å². The largest absolute Gasteiger partial charge is 0.503 e. The van der Waals surface area contributed by atoms with Crippen LogP contribution in [0, 0.1) is 17.0 Å². The van der Waals surface area contributed by atoms with Crippen LogP contribution in [0.1, 0.15) is 65.3 Å². The number of ketones is 1. The maximum Gasteiger partial charge on any atom is 0.224 e. The molecule has 6 rings (SSSR count). The summed E-state index contributed by atoms with van der Waals surface area (Å²) in [6.45, 7) is 0.350. The van der Waals surface area contributed by atoms with Crippen molar-refractivity contribution in [1.29, 1.82) is 0 Å². The lowest BCUT2D eigenvalue weighted by Gasteiger charge is -2.49. The topological polar surface area (TPSA) is 62.5 Å². The van der Waals surface area contributed by atoms with E-state index < -0.39 is 34.3 Å². The fourth-order valence-electron chi connectivity index (χ4n) is 5.97. The van der Waals surface area contributed by atoms with E-state index in [1.165, 1.54) is 24.0 Å². The lowest BCUT2D eigenvalue weighted by atomic mass is 9.68. The molecule has 0 unspecified atom stereocenters. The molecule has 0 amide bonds. The molecule has 2 aliphatic heterocycles. The third kappa shape index (κ3) is 3.33. The molecule has 35 heavy (non-hydrogen) atoms. The summed E-state index contributed by atoms with van der Waals surface area (Å²) >= 11 is 1.45. The molecule has 3 aromatic rings. The van der Waals surface area contributed by atoms with Gasteiger partial charge < -0.3 is 5.11 Å². The molecule has 0 bridgehead atoms. The molecule has 8 heteroatoms.